The summed E-state index contributed by atoms with van der Waals surface area (Å²) >= 11 is 0. The minimum atomic E-state index is -3.63. The normalized spacial score (nSPS) is 15.1. The van der Waals surface area contributed by atoms with Crippen LogP contribution in [0, 0.1) is 6.92 Å². The Labute approximate surface area is 192 Å². The number of aryl methyl sites for hydroxylation is 1. The summed E-state index contributed by atoms with van der Waals surface area (Å²) < 4.78 is 61.7. The van der Waals surface area contributed by atoms with E-state index in [-0.39, 0.29) is 16.4 Å². The van der Waals surface area contributed by atoms with Crippen LogP contribution in [0.3, 0.4) is 0 Å². The third-order valence-corrected chi connectivity index (χ3v) is 7.15. The number of hydrogen-bond donors (Lipinski definition) is 1. The van der Waals surface area contributed by atoms with Gasteiger partial charge in [-0.3, -0.25) is 4.79 Å². The molecule has 10 heteroatoms. The molecule has 0 aromatic heterocycles. The molecule has 0 saturated carbocycles. The summed E-state index contributed by atoms with van der Waals surface area (Å²) in [6.07, 6.45) is 5.42. The molecule has 178 valence electrons. The molecule has 1 amide bonds. The highest BCUT2D eigenvalue weighted by Crippen LogP contribution is 2.30. The molecule has 3 rings (SSSR count). The molecule has 2 aromatic carbocycles. The number of carbonyl (C=O) groups is 1. The number of alkyl halides is 2. The predicted octanol–water partition coefficient (Wildman–Crippen LogP) is 4.43. The molecule has 0 bridgehead atoms. The molecule has 0 spiro atoms. The fraction of sp³-hybridized carbons (Fsp3) is 0.348. The van der Waals surface area contributed by atoms with E-state index >= 15 is 0 Å². The monoisotopic (exact) mass is 480 g/mol. The van der Waals surface area contributed by atoms with Crippen molar-refractivity contribution in [1.82, 2.24) is 4.31 Å². The molecular weight excluding hydrogens is 454 g/mol. The molecule has 1 heterocycles. The minimum absolute atomic E-state index is 0.101. The maximum Gasteiger partial charge on any atom is 0.387 e. The lowest BCUT2D eigenvalue weighted by atomic mass is 10.1. The zero-order chi connectivity index (χ0) is 24.0. The van der Waals surface area contributed by atoms with Gasteiger partial charge in [-0.05, 0) is 61.2 Å². The van der Waals surface area contributed by atoms with E-state index in [1.165, 1.54) is 47.8 Å². The fourth-order valence-electron chi connectivity index (χ4n) is 3.48. The van der Waals surface area contributed by atoms with Crippen molar-refractivity contribution in [1.29, 1.82) is 0 Å². The Morgan fingerprint density at radius 3 is 2.48 bits per heavy atom. The molecule has 33 heavy (non-hydrogen) atoms. The van der Waals surface area contributed by atoms with Gasteiger partial charge in [0.2, 0.25) is 15.9 Å². The second-order valence-electron chi connectivity index (χ2n) is 7.55. The van der Waals surface area contributed by atoms with Crippen LogP contribution in [0.1, 0.15) is 30.4 Å². The summed E-state index contributed by atoms with van der Waals surface area (Å²) in [6, 6.07) is 8.94. The van der Waals surface area contributed by atoms with Gasteiger partial charge < -0.3 is 14.8 Å². The van der Waals surface area contributed by atoms with Crippen molar-refractivity contribution < 1.29 is 31.5 Å². The first-order chi connectivity index (χ1) is 15.7. The number of ether oxygens (including phenoxy) is 2. The van der Waals surface area contributed by atoms with Crippen molar-refractivity contribution in [2.45, 2.75) is 37.7 Å². The number of nitrogens with one attached hydrogen (secondary N) is 1. The van der Waals surface area contributed by atoms with Crippen LogP contribution in [-0.2, 0) is 14.8 Å². The molecule has 7 nitrogen and oxygen atoms in total. The van der Waals surface area contributed by atoms with Crippen molar-refractivity contribution in [3.63, 3.8) is 0 Å². The van der Waals surface area contributed by atoms with Crippen molar-refractivity contribution >= 4 is 27.7 Å². The molecule has 0 atom stereocenters. The largest absolute Gasteiger partial charge is 0.493 e. The number of nitrogens with zero attached hydrogens (tertiary/aromatic N) is 1. The Bertz CT molecular complexity index is 1130. The van der Waals surface area contributed by atoms with Gasteiger partial charge >= 0.3 is 6.61 Å². The summed E-state index contributed by atoms with van der Waals surface area (Å²) in [6.45, 7) is -0.233. The number of benzene rings is 2. The second kappa shape index (κ2) is 10.8. The molecule has 0 radical (unpaired) electrons. The highest BCUT2D eigenvalue weighted by Gasteiger charge is 2.26. The number of sulfonamides is 1. The average molecular weight is 481 g/mol. The zero-order valence-electron chi connectivity index (χ0n) is 18.4. The van der Waals surface area contributed by atoms with Gasteiger partial charge in [-0.25, -0.2) is 8.42 Å². The van der Waals surface area contributed by atoms with Crippen LogP contribution in [0.2, 0.25) is 0 Å². The van der Waals surface area contributed by atoms with E-state index in [0.29, 0.717) is 29.9 Å². The van der Waals surface area contributed by atoms with Crippen LogP contribution in [0.5, 0.6) is 11.5 Å². The van der Waals surface area contributed by atoms with E-state index in [2.05, 4.69) is 10.1 Å². The Kier molecular flexibility index (Phi) is 8.04. The summed E-state index contributed by atoms with van der Waals surface area (Å²) in [5, 5.41) is 2.70. The lowest BCUT2D eigenvalue weighted by Crippen LogP contribution is -2.35. The maximum absolute atomic E-state index is 12.9. The van der Waals surface area contributed by atoms with Crippen LogP contribution in [-0.4, -0.2) is 45.4 Å². The SMILES string of the molecule is COc1cc(C=CC(=O)Nc2cc(S(=O)(=O)N3CCCCC3)ccc2C)ccc1OC(F)F. The number of halogens is 2. The number of hydrogen-bond acceptors (Lipinski definition) is 5. The molecule has 0 unspecified atom stereocenters. The van der Waals surface area contributed by atoms with E-state index in [1.54, 1.807) is 19.1 Å². The van der Waals surface area contributed by atoms with Gasteiger partial charge in [0.1, 0.15) is 0 Å². The number of amides is 1. The van der Waals surface area contributed by atoms with Crippen molar-refractivity contribution in [3.8, 4) is 11.5 Å². The Balaban J connectivity index is 1.74. The van der Waals surface area contributed by atoms with Crippen molar-refractivity contribution in [2.24, 2.45) is 0 Å². The number of methoxy groups -OCH3 is 1. The Morgan fingerprint density at radius 1 is 1.09 bits per heavy atom. The van der Waals surface area contributed by atoms with Crippen molar-refractivity contribution in [2.75, 3.05) is 25.5 Å². The average Bonchev–Trinajstić information content (AvgIpc) is 2.80. The lowest BCUT2D eigenvalue weighted by Gasteiger charge is -2.26. The topological polar surface area (TPSA) is 84.9 Å². The second-order valence-corrected chi connectivity index (χ2v) is 9.49. The van der Waals surface area contributed by atoms with Gasteiger partial charge in [-0.2, -0.15) is 13.1 Å². The molecule has 1 aliphatic heterocycles. The van der Waals surface area contributed by atoms with Gasteiger partial charge in [-0.15, -0.1) is 0 Å². The van der Waals surface area contributed by atoms with Gasteiger partial charge in [0.05, 0.1) is 12.0 Å². The number of carbonyl (C=O) groups excluding carboxylic acids is 1. The zero-order valence-corrected chi connectivity index (χ0v) is 19.2. The summed E-state index contributed by atoms with van der Waals surface area (Å²) in [7, 11) is -2.31. The molecule has 1 saturated heterocycles. The number of piperidine rings is 1. The Morgan fingerprint density at radius 2 is 1.82 bits per heavy atom. The number of anilines is 1. The van der Waals surface area contributed by atoms with Crippen LogP contribution in [0.15, 0.2) is 47.4 Å². The first-order valence-electron chi connectivity index (χ1n) is 10.4. The first kappa shape index (κ1) is 24.7. The van der Waals surface area contributed by atoms with Gasteiger partial charge in [-0.1, -0.05) is 18.6 Å². The molecule has 1 fully saturated rings. The third-order valence-electron chi connectivity index (χ3n) is 5.25. The van der Waals surface area contributed by atoms with Crippen LogP contribution < -0.4 is 14.8 Å². The molecular formula is C23H26F2N2O5S. The van der Waals surface area contributed by atoms with Crippen LogP contribution >= 0.6 is 0 Å². The molecule has 1 aliphatic rings. The van der Waals surface area contributed by atoms with Crippen LogP contribution in [0.4, 0.5) is 14.5 Å². The molecule has 1 N–H and O–H groups in total. The lowest BCUT2D eigenvalue weighted by molar-refractivity contribution is -0.111. The summed E-state index contributed by atoms with van der Waals surface area (Å²) in [4.78, 5) is 12.6. The molecule has 0 aliphatic carbocycles. The number of rotatable bonds is 8. The highest BCUT2D eigenvalue weighted by molar-refractivity contribution is 7.89. The van der Waals surface area contributed by atoms with Crippen molar-refractivity contribution in [3.05, 3.63) is 53.6 Å². The van der Waals surface area contributed by atoms with E-state index in [0.717, 1.165) is 19.3 Å². The van der Waals surface area contributed by atoms with E-state index in [9.17, 15) is 22.0 Å². The standard InChI is InChI=1S/C23H26F2N2O5S/c1-16-6-9-18(33(29,30)27-12-4-3-5-13-27)15-19(16)26-22(28)11-8-17-7-10-20(32-23(24)25)21(14-17)31-2/h6-11,14-15,23H,3-5,12-13H2,1-2H3,(H,26,28). The highest BCUT2D eigenvalue weighted by atomic mass is 32.2. The minimum Gasteiger partial charge on any atom is -0.493 e. The summed E-state index contributed by atoms with van der Waals surface area (Å²) in [5.41, 5.74) is 1.63. The maximum atomic E-state index is 12.9. The third kappa shape index (κ3) is 6.29. The van der Waals surface area contributed by atoms with Gasteiger partial charge in [0, 0.05) is 24.9 Å². The quantitative estimate of drug-likeness (QED) is 0.565. The smallest absolute Gasteiger partial charge is 0.387 e. The van der Waals surface area contributed by atoms with E-state index in [4.69, 9.17) is 4.74 Å². The first-order valence-corrected chi connectivity index (χ1v) is 11.9. The van der Waals surface area contributed by atoms with Gasteiger partial charge in [0.15, 0.2) is 11.5 Å². The fourth-order valence-corrected chi connectivity index (χ4v) is 5.02. The van der Waals surface area contributed by atoms with E-state index < -0.39 is 22.5 Å². The summed E-state index contributed by atoms with van der Waals surface area (Å²) in [5.74, 6) is -0.488. The van der Waals surface area contributed by atoms with Gasteiger partial charge in [0.25, 0.3) is 0 Å². The Hall–Kier alpha value is -2.98. The molecule has 2 aromatic rings. The van der Waals surface area contributed by atoms with Crippen LogP contribution in [0.25, 0.3) is 6.08 Å². The van der Waals surface area contributed by atoms with E-state index in [1.807, 2.05) is 0 Å². The predicted molar refractivity (Wildman–Crippen MR) is 121 cm³/mol.